The summed E-state index contributed by atoms with van der Waals surface area (Å²) in [7, 11) is 0. The predicted molar refractivity (Wildman–Crippen MR) is 121 cm³/mol. The van der Waals surface area contributed by atoms with E-state index in [-0.39, 0.29) is 0 Å². The Bertz CT molecular complexity index is 535. The summed E-state index contributed by atoms with van der Waals surface area (Å²) in [4.78, 5) is 34.9. The van der Waals surface area contributed by atoms with Crippen molar-refractivity contribution in [3.63, 3.8) is 0 Å². The van der Waals surface area contributed by atoms with Gasteiger partial charge in [-0.2, -0.15) is 9.78 Å². The number of hydrogen-bond acceptors (Lipinski definition) is 7. The molecule has 0 radical (unpaired) electrons. The fraction of sp³-hybridized carbons (Fsp3) is 0.960. The molecule has 188 valence electrons. The Labute approximate surface area is 194 Å². The molecule has 0 heterocycles. The molecular formula is C25H46O7. The normalized spacial score (nSPS) is 20.2. The van der Waals surface area contributed by atoms with Crippen molar-refractivity contribution in [3.05, 3.63) is 0 Å². The second-order valence-electron chi connectivity index (χ2n) is 11.5. The number of ether oxygens (including phenoxy) is 2. The van der Waals surface area contributed by atoms with Gasteiger partial charge in [0.2, 0.25) is 11.6 Å². The van der Waals surface area contributed by atoms with E-state index in [4.69, 9.17) is 29.0 Å². The molecule has 32 heavy (non-hydrogen) atoms. The Hall–Kier alpha value is -0.890. The molecule has 0 atom stereocenters. The van der Waals surface area contributed by atoms with Crippen LogP contribution in [0.5, 0.6) is 0 Å². The molecule has 0 spiro atoms. The lowest BCUT2D eigenvalue weighted by Gasteiger charge is -2.38. The van der Waals surface area contributed by atoms with Crippen molar-refractivity contribution in [2.45, 2.75) is 142 Å². The first-order chi connectivity index (χ1) is 14.7. The van der Waals surface area contributed by atoms with Crippen LogP contribution in [0, 0.1) is 11.8 Å². The first-order valence-electron chi connectivity index (χ1n) is 12.4. The average Bonchev–Trinajstić information content (AvgIpc) is 2.72. The van der Waals surface area contributed by atoms with Gasteiger partial charge in [-0.05, 0) is 65.2 Å². The highest BCUT2D eigenvalue weighted by molar-refractivity contribution is 5.60. The quantitative estimate of drug-likeness (QED) is 0.148. The zero-order chi connectivity index (χ0) is 24.0. The minimum absolute atomic E-state index is 0.413. The van der Waals surface area contributed by atoms with E-state index in [0.29, 0.717) is 11.8 Å². The summed E-state index contributed by atoms with van der Waals surface area (Å²) in [5.41, 5.74) is -0.933. The third kappa shape index (κ3) is 8.81. The molecule has 2 aliphatic carbocycles. The van der Waals surface area contributed by atoms with Crippen molar-refractivity contribution in [3.8, 4) is 0 Å². The van der Waals surface area contributed by atoms with Gasteiger partial charge in [0.25, 0.3) is 0 Å². The second kappa shape index (κ2) is 11.0. The molecule has 2 rings (SSSR count). The molecule has 0 N–H and O–H groups in total. The molecule has 7 heteroatoms. The SMILES string of the molecule is CC(C)(OOC(C)(C)C1CCCCC1)OC(=O)OC(C)(C)OOC(C)(C)C1CCCCC1. The van der Waals surface area contributed by atoms with E-state index in [1.165, 1.54) is 38.5 Å². The minimum atomic E-state index is -1.32. The zero-order valence-electron chi connectivity index (χ0n) is 21.6. The van der Waals surface area contributed by atoms with E-state index in [2.05, 4.69) is 0 Å². The highest BCUT2D eigenvalue weighted by Gasteiger charge is 2.39. The molecule has 0 saturated heterocycles. The van der Waals surface area contributed by atoms with Gasteiger partial charge >= 0.3 is 6.16 Å². The van der Waals surface area contributed by atoms with Crippen LogP contribution in [-0.2, 0) is 29.0 Å². The Morgan fingerprint density at radius 3 is 1.16 bits per heavy atom. The maximum Gasteiger partial charge on any atom is 0.513 e. The van der Waals surface area contributed by atoms with Crippen molar-refractivity contribution in [2.24, 2.45) is 11.8 Å². The molecule has 0 unspecified atom stereocenters. The summed E-state index contributed by atoms with van der Waals surface area (Å²) in [5, 5.41) is 0. The van der Waals surface area contributed by atoms with Crippen LogP contribution in [-0.4, -0.2) is 28.9 Å². The van der Waals surface area contributed by atoms with E-state index in [1.807, 2.05) is 27.7 Å². The third-order valence-corrected chi connectivity index (χ3v) is 6.75. The predicted octanol–water partition coefficient (Wildman–Crippen LogP) is 7.23. The smallest absolute Gasteiger partial charge is 0.399 e. The van der Waals surface area contributed by atoms with E-state index in [0.717, 1.165) is 25.7 Å². The van der Waals surface area contributed by atoms with Gasteiger partial charge < -0.3 is 9.47 Å². The van der Waals surface area contributed by atoms with Crippen molar-refractivity contribution in [1.29, 1.82) is 0 Å². The average molecular weight is 459 g/mol. The van der Waals surface area contributed by atoms with Crippen LogP contribution in [0.25, 0.3) is 0 Å². The van der Waals surface area contributed by atoms with Gasteiger partial charge in [-0.3, -0.25) is 0 Å². The standard InChI is InChI=1S/C25H46O7/c1-22(2,19-15-11-9-12-16-19)29-31-24(5,6)27-21(26)28-25(7,8)32-30-23(3,4)20-17-13-10-14-18-20/h19-20H,9-18H2,1-8H3. The van der Waals surface area contributed by atoms with Gasteiger partial charge in [-0.15, -0.1) is 0 Å². The molecule has 0 bridgehead atoms. The van der Waals surface area contributed by atoms with Crippen molar-refractivity contribution in [1.82, 2.24) is 0 Å². The largest absolute Gasteiger partial charge is 0.513 e. The molecule has 0 aliphatic heterocycles. The molecule has 0 amide bonds. The zero-order valence-corrected chi connectivity index (χ0v) is 21.6. The second-order valence-corrected chi connectivity index (χ2v) is 11.5. The third-order valence-electron chi connectivity index (χ3n) is 6.75. The summed E-state index contributed by atoms with van der Waals surface area (Å²) in [6, 6.07) is 0. The van der Waals surface area contributed by atoms with Crippen LogP contribution in [0.4, 0.5) is 4.79 Å². The summed E-state index contributed by atoms with van der Waals surface area (Å²) in [6.45, 7) is 14.5. The number of carbonyl (C=O) groups is 1. The highest BCUT2D eigenvalue weighted by Crippen LogP contribution is 2.37. The van der Waals surface area contributed by atoms with Gasteiger partial charge in [-0.25, -0.2) is 14.6 Å². The van der Waals surface area contributed by atoms with Crippen LogP contribution >= 0.6 is 0 Å². The minimum Gasteiger partial charge on any atom is -0.399 e. The summed E-state index contributed by atoms with van der Waals surface area (Å²) >= 11 is 0. The van der Waals surface area contributed by atoms with Crippen LogP contribution in [0.15, 0.2) is 0 Å². The number of rotatable bonds is 10. The van der Waals surface area contributed by atoms with Gasteiger partial charge in [-0.1, -0.05) is 38.5 Å². The molecule has 2 saturated carbocycles. The molecule has 2 aliphatic rings. The number of carbonyl (C=O) groups excluding carboxylic acids is 1. The van der Waals surface area contributed by atoms with E-state index in [1.54, 1.807) is 27.7 Å². The molecule has 0 aromatic heterocycles. The Morgan fingerprint density at radius 2 is 0.844 bits per heavy atom. The number of hydrogen-bond donors (Lipinski definition) is 0. The van der Waals surface area contributed by atoms with Crippen LogP contribution in [0.3, 0.4) is 0 Å². The van der Waals surface area contributed by atoms with Crippen molar-refractivity contribution >= 4 is 6.16 Å². The first kappa shape index (κ1) is 27.4. The van der Waals surface area contributed by atoms with E-state index >= 15 is 0 Å². The Balaban J connectivity index is 1.79. The first-order valence-corrected chi connectivity index (χ1v) is 12.4. The van der Waals surface area contributed by atoms with Crippen LogP contribution < -0.4 is 0 Å². The molecule has 0 aromatic rings. The highest BCUT2D eigenvalue weighted by atomic mass is 17.3. The van der Waals surface area contributed by atoms with Crippen LogP contribution in [0.1, 0.15) is 120 Å². The van der Waals surface area contributed by atoms with Crippen molar-refractivity contribution < 1.29 is 33.8 Å². The molecule has 0 aromatic carbocycles. The molecule has 7 nitrogen and oxygen atoms in total. The summed E-state index contributed by atoms with van der Waals surface area (Å²) < 4.78 is 10.7. The Morgan fingerprint density at radius 1 is 0.531 bits per heavy atom. The maximum atomic E-state index is 12.4. The van der Waals surface area contributed by atoms with Gasteiger partial charge in [0, 0.05) is 27.7 Å². The van der Waals surface area contributed by atoms with Gasteiger partial charge in [0.15, 0.2) is 0 Å². The lowest BCUT2D eigenvalue weighted by molar-refractivity contribution is -0.464. The fourth-order valence-corrected chi connectivity index (χ4v) is 4.60. The fourth-order valence-electron chi connectivity index (χ4n) is 4.60. The molecule has 2 fully saturated rings. The van der Waals surface area contributed by atoms with Gasteiger partial charge in [0.1, 0.15) is 11.2 Å². The van der Waals surface area contributed by atoms with E-state index < -0.39 is 28.9 Å². The summed E-state index contributed by atoms with van der Waals surface area (Å²) in [6.07, 6.45) is 10.9. The van der Waals surface area contributed by atoms with E-state index in [9.17, 15) is 4.79 Å². The lowest BCUT2D eigenvalue weighted by Crippen LogP contribution is -2.43. The topological polar surface area (TPSA) is 72.5 Å². The Kier molecular flexibility index (Phi) is 9.42. The monoisotopic (exact) mass is 458 g/mol. The lowest BCUT2D eigenvalue weighted by atomic mass is 9.79. The van der Waals surface area contributed by atoms with Gasteiger partial charge in [0.05, 0.1) is 0 Å². The van der Waals surface area contributed by atoms with Crippen molar-refractivity contribution in [2.75, 3.05) is 0 Å². The maximum absolute atomic E-state index is 12.4. The van der Waals surface area contributed by atoms with Crippen LogP contribution in [0.2, 0.25) is 0 Å². The summed E-state index contributed by atoms with van der Waals surface area (Å²) in [5.74, 6) is -1.81. The molecular weight excluding hydrogens is 412 g/mol.